The zero-order valence-corrected chi connectivity index (χ0v) is 13.5. The van der Waals surface area contributed by atoms with E-state index >= 15 is 0 Å². The zero-order chi connectivity index (χ0) is 17.2. The number of phenolic OH excluding ortho intramolecular Hbond substituents is 1. The zero-order valence-electron chi connectivity index (χ0n) is 12.7. The molecular formula is C15H19N3O4S. The molecule has 2 aromatic rings. The number of phenols is 1. The van der Waals surface area contributed by atoms with Gasteiger partial charge in [0, 0.05) is 6.42 Å². The third-order valence-corrected chi connectivity index (χ3v) is 5.09. The third kappa shape index (κ3) is 3.07. The minimum absolute atomic E-state index is 0.0614. The van der Waals surface area contributed by atoms with E-state index in [1.807, 2.05) is 6.92 Å². The molecule has 0 radical (unpaired) electrons. The molecule has 0 saturated carbocycles. The van der Waals surface area contributed by atoms with E-state index in [2.05, 4.69) is 4.98 Å². The van der Waals surface area contributed by atoms with Gasteiger partial charge in [-0.3, -0.25) is 14.4 Å². The number of aromatic amines is 1. The van der Waals surface area contributed by atoms with E-state index in [9.17, 15) is 19.5 Å². The van der Waals surface area contributed by atoms with Crippen LogP contribution in [0.15, 0.2) is 16.9 Å². The smallest absolute Gasteiger partial charge is 0.305 e. The summed E-state index contributed by atoms with van der Waals surface area (Å²) in [5.74, 6) is -1.03. The van der Waals surface area contributed by atoms with Crippen LogP contribution in [0.25, 0.3) is 10.2 Å². The molecule has 1 aromatic heterocycles. The number of nitrogens with two attached hydrogens (primary N) is 2. The Morgan fingerprint density at radius 3 is 2.61 bits per heavy atom. The van der Waals surface area contributed by atoms with Gasteiger partial charge in [0.2, 0.25) is 11.8 Å². The summed E-state index contributed by atoms with van der Waals surface area (Å²) in [6.45, 7) is 1.82. The van der Waals surface area contributed by atoms with Crippen LogP contribution in [0.1, 0.15) is 38.2 Å². The van der Waals surface area contributed by atoms with Gasteiger partial charge in [-0.25, -0.2) is 0 Å². The lowest BCUT2D eigenvalue weighted by Crippen LogP contribution is -2.41. The molecule has 0 aliphatic carbocycles. The van der Waals surface area contributed by atoms with Gasteiger partial charge in [0.15, 0.2) is 0 Å². The minimum atomic E-state index is -1.02. The molecule has 0 fully saturated rings. The van der Waals surface area contributed by atoms with Gasteiger partial charge in [0.25, 0.3) is 0 Å². The predicted octanol–water partition coefficient (Wildman–Crippen LogP) is 1.08. The Kier molecular flexibility index (Phi) is 4.74. The second-order valence-electron chi connectivity index (χ2n) is 5.47. The van der Waals surface area contributed by atoms with E-state index in [1.165, 1.54) is 6.07 Å². The monoisotopic (exact) mass is 337 g/mol. The van der Waals surface area contributed by atoms with Crippen LogP contribution >= 0.6 is 11.3 Å². The number of carbonyl (C=O) groups is 2. The number of hydrogen-bond donors (Lipinski definition) is 4. The van der Waals surface area contributed by atoms with E-state index in [0.717, 1.165) is 11.3 Å². The van der Waals surface area contributed by atoms with Crippen molar-refractivity contribution in [1.82, 2.24) is 4.98 Å². The normalized spacial score (nSPS) is 13.8. The van der Waals surface area contributed by atoms with Gasteiger partial charge >= 0.3 is 4.87 Å². The van der Waals surface area contributed by atoms with Crippen LogP contribution < -0.4 is 16.3 Å². The Hall–Kier alpha value is -2.35. The average molecular weight is 337 g/mol. The molecule has 0 spiro atoms. The van der Waals surface area contributed by atoms with E-state index in [1.54, 1.807) is 6.07 Å². The van der Waals surface area contributed by atoms with Crippen molar-refractivity contribution < 1.29 is 14.7 Å². The highest BCUT2D eigenvalue weighted by atomic mass is 32.1. The van der Waals surface area contributed by atoms with Crippen LogP contribution in [-0.4, -0.2) is 21.9 Å². The van der Waals surface area contributed by atoms with Gasteiger partial charge in [0.1, 0.15) is 11.3 Å². The van der Waals surface area contributed by atoms with Gasteiger partial charge < -0.3 is 21.6 Å². The average Bonchev–Trinajstić information content (AvgIpc) is 2.86. The van der Waals surface area contributed by atoms with Gasteiger partial charge in [0.05, 0.1) is 10.1 Å². The highest BCUT2D eigenvalue weighted by Crippen LogP contribution is 2.40. The number of aromatic nitrogens is 1. The van der Waals surface area contributed by atoms with Crippen LogP contribution in [0.5, 0.6) is 5.75 Å². The number of fused-ring (bicyclic) bond motifs is 1. The van der Waals surface area contributed by atoms with E-state index in [0.29, 0.717) is 35.0 Å². The number of H-pyrrole nitrogens is 1. The molecule has 1 aromatic carbocycles. The van der Waals surface area contributed by atoms with Crippen molar-refractivity contribution in [3.05, 3.63) is 27.4 Å². The predicted molar refractivity (Wildman–Crippen MR) is 88.3 cm³/mol. The second-order valence-corrected chi connectivity index (χ2v) is 6.45. The molecule has 7 nitrogen and oxygen atoms in total. The number of aromatic hydroxyl groups is 1. The molecule has 8 heteroatoms. The Morgan fingerprint density at radius 1 is 1.35 bits per heavy atom. The lowest BCUT2D eigenvalue weighted by atomic mass is 9.73. The Morgan fingerprint density at radius 2 is 2.04 bits per heavy atom. The third-order valence-electron chi connectivity index (χ3n) is 4.18. The summed E-state index contributed by atoms with van der Waals surface area (Å²) < 4.78 is 0.509. The summed E-state index contributed by atoms with van der Waals surface area (Å²) in [4.78, 5) is 37.1. The number of thiazole rings is 1. The van der Waals surface area contributed by atoms with Gasteiger partial charge in [-0.1, -0.05) is 24.3 Å². The maximum atomic E-state index is 12.2. The number of primary amides is 2. The second kappa shape index (κ2) is 6.41. The van der Waals surface area contributed by atoms with E-state index in [4.69, 9.17) is 11.5 Å². The molecule has 124 valence electrons. The van der Waals surface area contributed by atoms with Crippen molar-refractivity contribution in [3.8, 4) is 5.75 Å². The fraction of sp³-hybridized carbons (Fsp3) is 0.400. The molecule has 2 amide bonds. The molecule has 1 unspecified atom stereocenters. The number of amides is 2. The molecule has 0 bridgehead atoms. The molecule has 1 heterocycles. The van der Waals surface area contributed by atoms with Crippen molar-refractivity contribution in [3.63, 3.8) is 0 Å². The first kappa shape index (κ1) is 17.0. The first-order valence-electron chi connectivity index (χ1n) is 7.25. The summed E-state index contributed by atoms with van der Waals surface area (Å²) in [6, 6.07) is 3.04. The fourth-order valence-corrected chi connectivity index (χ4v) is 3.86. The summed E-state index contributed by atoms with van der Waals surface area (Å²) >= 11 is 0.922. The van der Waals surface area contributed by atoms with Crippen molar-refractivity contribution in [2.45, 2.75) is 38.0 Å². The topological polar surface area (TPSA) is 139 Å². The maximum absolute atomic E-state index is 12.2. The summed E-state index contributed by atoms with van der Waals surface area (Å²) in [7, 11) is 0. The lowest BCUT2D eigenvalue weighted by Gasteiger charge is -2.30. The number of benzene rings is 1. The van der Waals surface area contributed by atoms with Gasteiger partial charge in [-0.05, 0) is 30.9 Å². The number of hydrogen-bond acceptors (Lipinski definition) is 5. The van der Waals surface area contributed by atoms with E-state index < -0.39 is 17.2 Å². The Balaban J connectivity index is 2.60. The lowest BCUT2D eigenvalue weighted by molar-refractivity contribution is -0.124. The molecule has 23 heavy (non-hydrogen) atoms. The van der Waals surface area contributed by atoms with Crippen molar-refractivity contribution in [1.29, 1.82) is 0 Å². The Labute approximate surface area is 136 Å². The fourth-order valence-electron chi connectivity index (χ4n) is 2.89. The molecular weight excluding hydrogens is 318 g/mol. The molecule has 1 atom stereocenters. The van der Waals surface area contributed by atoms with Crippen molar-refractivity contribution in [2.24, 2.45) is 11.5 Å². The van der Waals surface area contributed by atoms with E-state index in [-0.39, 0.29) is 17.0 Å². The van der Waals surface area contributed by atoms with Crippen LogP contribution in [0.4, 0.5) is 0 Å². The molecule has 0 aliphatic rings. The standard InChI is InChI=1S/C15H19N3O4S/c1-2-15(13(17)21,7-3-4-10(16)20)8-5-6-9(19)11-12(8)23-14(22)18-11/h5-6,19H,2-4,7H2,1H3,(H2,16,20)(H2,17,21)(H,18,22). The number of carbonyl (C=O) groups excluding carboxylic acids is 2. The van der Waals surface area contributed by atoms with Crippen LogP contribution in [-0.2, 0) is 15.0 Å². The maximum Gasteiger partial charge on any atom is 0.305 e. The van der Waals surface area contributed by atoms with Crippen LogP contribution in [0.3, 0.4) is 0 Å². The van der Waals surface area contributed by atoms with Crippen LogP contribution in [0, 0.1) is 0 Å². The number of nitrogens with one attached hydrogen (secondary N) is 1. The van der Waals surface area contributed by atoms with Gasteiger partial charge in [-0.15, -0.1) is 0 Å². The van der Waals surface area contributed by atoms with Gasteiger partial charge in [-0.2, -0.15) is 0 Å². The SMILES string of the molecule is CCC(CCCC(N)=O)(C(N)=O)c1ccc(O)c2[nH]c(=O)sc12. The van der Waals surface area contributed by atoms with Crippen LogP contribution in [0.2, 0.25) is 0 Å². The largest absolute Gasteiger partial charge is 0.506 e. The molecule has 0 saturated heterocycles. The minimum Gasteiger partial charge on any atom is -0.506 e. The number of rotatable bonds is 7. The highest BCUT2D eigenvalue weighted by Gasteiger charge is 2.38. The highest BCUT2D eigenvalue weighted by molar-refractivity contribution is 7.16. The molecule has 6 N–H and O–H groups in total. The quantitative estimate of drug-likeness (QED) is 0.600. The van der Waals surface area contributed by atoms with Crippen molar-refractivity contribution in [2.75, 3.05) is 0 Å². The first-order valence-corrected chi connectivity index (χ1v) is 8.07. The first-order chi connectivity index (χ1) is 10.8. The van der Waals surface area contributed by atoms with Crippen molar-refractivity contribution >= 4 is 33.4 Å². The Bertz CT molecular complexity index is 811. The summed E-state index contributed by atoms with van der Waals surface area (Å²) in [5.41, 5.74) is 10.7. The molecule has 0 aliphatic heterocycles. The summed E-state index contributed by atoms with van der Waals surface area (Å²) in [5, 5.41) is 9.89. The molecule has 2 rings (SSSR count). The summed E-state index contributed by atoms with van der Waals surface area (Å²) in [6.07, 6.45) is 1.31.